The molecule has 18 heavy (non-hydrogen) atoms. The van der Waals surface area contributed by atoms with Crippen LogP contribution in [-0.4, -0.2) is 17.8 Å². The van der Waals surface area contributed by atoms with Gasteiger partial charge in [-0.05, 0) is 37.0 Å². The minimum absolute atomic E-state index is 0.0287. The molecule has 1 aromatic rings. The van der Waals surface area contributed by atoms with E-state index < -0.39 is 0 Å². The van der Waals surface area contributed by atoms with Crippen LogP contribution in [0, 0.1) is 5.92 Å². The number of halogens is 3. The van der Waals surface area contributed by atoms with Gasteiger partial charge in [0.05, 0.1) is 0 Å². The lowest BCUT2D eigenvalue weighted by molar-refractivity contribution is 0.0930. The van der Waals surface area contributed by atoms with Gasteiger partial charge in [-0.15, -0.1) is 11.6 Å². The van der Waals surface area contributed by atoms with Gasteiger partial charge in [0, 0.05) is 26.4 Å². The van der Waals surface area contributed by atoms with Crippen molar-refractivity contribution in [3.8, 4) is 0 Å². The van der Waals surface area contributed by atoms with Gasteiger partial charge in [-0.3, -0.25) is 4.79 Å². The van der Waals surface area contributed by atoms with Crippen molar-refractivity contribution in [1.82, 2.24) is 5.32 Å². The summed E-state index contributed by atoms with van der Waals surface area (Å²) in [6.07, 6.45) is 3.28. The Labute approximate surface area is 129 Å². The van der Waals surface area contributed by atoms with Crippen LogP contribution in [0.5, 0.6) is 0 Å². The molecule has 0 radical (unpaired) electrons. The smallest absolute Gasteiger partial charge is 0.251 e. The maximum Gasteiger partial charge on any atom is 0.251 e. The predicted octanol–water partition coefficient (Wildman–Crippen LogP) is 4.35. The van der Waals surface area contributed by atoms with Gasteiger partial charge in [0.2, 0.25) is 0 Å². The summed E-state index contributed by atoms with van der Waals surface area (Å²) in [6, 6.07) is 5.77. The second-order valence-electron chi connectivity index (χ2n) is 4.58. The second-order valence-corrected chi connectivity index (χ2v) is 6.72. The summed E-state index contributed by atoms with van der Waals surface area (Å²) in [7, 11) is 0. The third kappa shape index (κ3) is 3.49. The first-order valence-corrected chi connectivity index (χ1v) is 8.05. The molecule has 2 atom stereocenters. The Morgan fingerprint density at radius 1 is 1.28 bits per heavy atom. The standard InChI is InChI=1S/C13H14Br2ClNO/c14-10-4-9(5-11(15)6-10)13(18)17-12-3-1-2-8(12)7-16/h4-6,8,12H,1-3,7H2,(H,17,18). The molecule has 2 nitrogen and oxygen atoms in total. The number of benzene rings is 1. The molecule has 0 aliphatic heterocycles. The molecule has 0 bridgehead atoms. The van der Waals surface area contributed by atoms with Gasteiger partial charge in [-0.25, -0.2) is 0 Å². The summed E-state index contributed by atoms with van der Waals surface area (Å²) >= 11 is 12.7. The van der Waals surface area contributed by atoms with Crippen molar-refractivity contribution >= 4 is 49.4 Å². The number of hydrogen-bond acceptors (Lipinski definition) is 1. The molecule has 1 fully saturated rings. The van der Waals surface area contributed by atoms with Crippen molar-refractivity contribution in [2.24, 2.45) is 5.92 Å². The molecule has 0 aromatic heterocycles. The SMILES string of the molecule is O=C(NC1CCCC1CCl)c1cc(Br)cc(Br)c1. The summed E-state index contributed by atoms with van der Waals surface area (Å²) in [4.78, 5) is 12.2. The number of amides is 1. The van der Waals surface area contributed by atoms with E-state index in [4.69, 9.17) is 11.6 Å². The highest BCUT2D eigenvalue weighted by atomic mass is 79.9. The lowest BCUT2D eigenvalue weighted by Gasteiger charge is -2.19. The van der Waals surface area contributed by atoms with E-state index in [0.717, 1.165) is 28.2 Å². The highest BCUT2D eigenvalue weighted by molar-refractivity contribution is 9.11. The molecule has 1 amide bonds. The minimum atomic E-state index is -0.0287. The van der Waals surface area contributed by atoms with E-state index >= 15 is 0 Å². The van der Waals surface area contributed by atoms with Crippen molar-refractivity contribution in [3.05, 3.63) is 32.7 Å². The monoisotopic (exact) mass is 393 g/mol. The first kappa shape index (κ1) is 14.4. The van der Waals surface area contributed by atoms with E-state index in [1.54, 1.807) is 0 Å². The molecule has 0 heterocycles. The van der Waals surface area contributed by atoms with E-state index in [2.05, 4.69) is 37.2 Å². The average Bonchev–Trinajstić information content (AvgIpc) is 2.75. The maximum absolute atomic E-state index is 12.2. The summed E-state index contributed by atoms with van der Waals surface area (Å²) in [5, 5.41) is 3.09. The Bertz CT molecular complexity index is 432. The third-order valence-corrected chi connectivity index (χ3v) is 4.61. The van der Waals surface area contributed by atoms with Gasteiger partial charge in [0.1, 0.15) is 0 Å². The van der Waals surface area contributed by atoms with Crippen LogP contribution in [0.3, 0.4) is 0 Å². The fourth-order valence-corrected chi connectivity index (χ4v) is 4.01. The number of carbonyl (C=O) groups excluding carboxylic acids is 1. The molecule has 1 saturated carbocycles. The fourth-order valence-electron chi connectivity index (χ4n) is 2.35. The van der Waals surface area contributed by atoms with Gasteiger partial charge < -0.3 is 5.32 Å². The molecular weight excluding hydrogens is 381 g/mol. The second kappa shape index (κ2) is 6.40. The molecule has 0 spiro atoms. The van der Waals surface area contributed by atoms with E-state index in [1.165, 1.54) is 0 Å². The molecule has 1 aliphatic carbocycles. The molecular formula is C13H14Br2ClNO. The van der Waals surface area contributed by atoms with Gasteiger partial charge >= 0.3 is 0 Å². The number of rotatable bonds is 3. The lowest BCUT2D eigenvalue weighted by Crippen LogP contribution is -2.37. The van der Waals surface area contributed by atoms with Crippen LogP contribution in [0.1, 0.15) is 29.6 Å². The van der Waals surface area contributed by atoms with Crippen LogP contribution in [0.15, 0.2) is 27.1 Å². The Kier molecular flexibility index (Phi) is 5.10. The van der Waals surface area contributed by atoms with Crippen molar-refractivity contribution in [2.45, 2.75) is 25.3 Å². The number of nitrogens with one attached hydrogen (secondary N) is 1. The molecule has 1 aromatic carbocycles. The Morgan fingerprint density at radius 3 is 2.56 bits per heavy atom. The third-order valence-electron chi connectivity index (χ3n) is 3.30. The zero-order valence-corrected chi connectivity index (χ0v) is 13.7. The van der Waals surface area contributed by atoms with Gasteiger partial charge in [-0.1, -0.05) is 38.3 Å². The quantitative estimate of drug-likeness (QED) is 0.758. The first-order chi connectivity index (χ1) is 8.60. The van der Waals surface area contributed by atoms with Crippen molar-refractivity contribution in [3.63, 3.8) is 0 Å². The van der Waals surface area contributed by atoms with E-state index in [0.29, 0.717) is 17.4 Å². The predicted molar refractivity (Wildman–Crippen MR) is 81.2 cm³/mol. The van der Waals surface area contributed by atoms with E-state index in [1.807, 2.05) is 18.2 Å². The Morgan fingerprint density at radius 2 is 1.94 bits per heavy atom. The zero-order valence-electron chi connectivity index (χ0n) is 9.76. The van der Waals surface area contributed by atoms with E-state index in [-0.39, 0.29) is 11.9 Å². The van der Waals surface area contributed by atoms with Crippen molar-refractivity contribution in [2.75, 3.05) is 5.88 Å². The zero-order chi connectivity index (χ0) is 13.1. The van der Waals surface area contributed by atoms with Crippen LogP contribution < -0.4 is 5.32 Å². The van der Waals surface area contributed by atoms with Crippen LogP contribution >= 0.6 is 43.5 Å². The summed E-state index contributed by atoms with van der Waals surface area (Å²) in [5.74, 6) is 0.998. The van der Waals surface area contributed by atoms with Crippen molar-refractivity contribution < 1.29 is 4.79 Å². The largest absolute Gasteiger partial charge is 0.349 e. The number of carbonyl (C=O) groups is 1. The van der Waals surface area contributed by atoms with Gasteiger partial charge in [0.15, 0.2) is 0 Å². The Balaban J connectivity index is 2.07. The first-order valence-electron chi connectivity index (χ1n) is 5.93. The number of alkyl halides is 1. The van der Waals surface area contributed by atoms with Gasteiger partial charge in [0.25, 0.3) is 5.91 Å². The molecule has 5 heteroatoms. The van der Waals surface area contributed by atoms with Crippen LogP contribution in [0.4, 0.5) is 0 Å². The van der Waals surface area contributed by atoms with Gasteiger partial charge in [-0.2, -0.15) is 0 Å². The number of hydrogen-bond donors (Lipinski definition) is 1. The highest BCUT2D eigenvalue weighted by Gasteiger charge is 2.28. The normalized spacial score (nSPS) is 23.1. The summed E-state index contributed by atoms with van der Waals surface area (Å²) < 4.78 is 1.78. The van der Waals surface area contributed by atoms with Crippen molar-refractivity contribution in [1.29, 1.82) is 0 Å². The molecule has 98 valence electrons. The molecule has 2 unspecified atom stereocenters. The van der Waals surface area contributed by atoms with Crippen LogP contribution in [0.25, 0.3) is 0 Å². The Hall–Kier alpha value is -0.0600. The topological polar surface area (TPSA) is 29.1 Å². The molecule has 1 aliphatic rings. The van der Waals surface area contributed by atoms with E-state index in [9.17, 15) is 4.79 Å². The minimum Gasteiger partial charge on any atom is -0.349 e. The highest BCUT2D eigenvalue weighted by Crippen LogP contribution is 2.27. The summed E-state index contributed by atoms with van der Waals surface area (Å²) in [6.45, 7) is 0. The fraction of sp³-hybridized carbons (Fsp3) is 0.462. The maximum atomic E-state index is 12.2. The molecule has 2 rings (SSSR count). The molecule has 0 saturated heterocycles. The lowest BCUT2D eigenvalue weighted by atomic mass is 10.1. The van der Waals surface area contributed by atoms with Crippen LogP contribution in [0.2, 0.25) is 0 Å². The molecule has 1 N–H and O–H groups in total. The van der Waals surface area contributed by atoms with Crippen LogP contribution in [-0.2, 0) is 0 Å². The average molecular weight is 396 g/mol. The summed E-state index contributed by atoms with van der Waals surface area (Å²) in [5.41, 5.74) is 0.663.